The van der Waals surface area contributed by atoms with E-state index in [4.69, 9.17) is 4.74 Å². The Morgan fingerprint density at radius 1 is 1.15 bits per heavy atom. The van der Waals surface area contributed by atoms with E-state index in [0.29, 0.717) is 15.0 Å². The number of amides is 1. The summed E-state index contributed by atoms with van der Waals surface area (Å²) in [4.78, 5) is 28.7. The molecule has 7 heteroatoms. The van der Waals surface area contributed by atoms with Crippen LogP contribution in [-0.4, -0.2) is 23.6 Å². The van der Waals surface area contributed by atoms with Crippen molar-refractivity contribution >= 4 is 33.4 Å². The number of nitrogens with zero attached hydrogens (tertiary/aromatic N) is 2. The number of hydrogen-bond acceptors (Lipinski definition) is 4. The van der Waals surface area contributed by atoms with E-state index in [1.807, 2.05) is 32.0 Å². The Morgan fingerprint density at radius 3 is 2.63 bits per heavy atom. The lowest BCUT2D eigenvalue weighted by Gasteiger charge is -2.04. The number of thiazole rings is 1. The second-order valence-corrected chi connectivity index (χ2v) is 7.27. The molecule has 0 aliphatic carbocycles. The van der Waals surface area contributed by atoms with E-state index in [0.717, 1.165) is 28.0 Å². The number of carbonyl (C=O) groups is 2. The highest BCUT2D eigenvalue weighted by Crippen LogP contribution is 2.19. The molecular formula is C20H19FN2O3S. The van der Waals surface area contributed by atoms with Gasteiger partial charge in [-0.15, -0.1) is 0 Å². The lowest BCUT2D eigenvalue weighted by atomic mass is 10.0. The molecule has 1 amide bonds. The largest absolute Gasteiger partial charge is 0.468 e. The van der Waals surface area contributed by atoms with Crippen molar-refractivity contribution in [1.82, 2.24) is 4.57 Å². The number of methoxy groups -OCH3 is 1. The van der Waals surface area contributed by atoms with Gasteiger partial charge in [0.2, 0.25) is 0 Å². The van der Waals surface area contributed by atoms with Gasteiger partial charge in [-0.25, -0.2) is 4.39 Å². The van der Waals surface area contributed by atoms with Gasteiger partial charge in [-0.05, 0) is 48.7 Å². The summed E-state index contributed by atoms with van der Waals surface area (Å²) in [7, 11) is 1.29. The molecule has 0 radical (unpaired) electrons. The highest BCUT2D eigenvalue weighted by atomic mass is 32.1. The number of esters is 1. The third kappa shape index (κ3) is 4.31. The number of hydrogen-bond donors (Lipinski definition) is 0. The van der Waals surface area contributed by atoms with Crippen molar-refractivity contribution in [2.24, 2.45) is 4.99 Å². The smallest absolute Gasteiger partial charge is 0.325 e. The van der Waals surface area contributed by atoms with Crippen LogP contribution >= 0.6 is 11.3 Å². The lowest BCUT2D eigenvalue weighted by molar-refractivity contribution is -0.141. The quantitative estimate of drug-likeness (QED) is 0.647. The summed E-state index contributed by atoms with van der Waals surface area (Å²) in [6.07, 6.45) is 0.155. The summed E-state index contributed by atoms with van der Waals surface area (Å²) < 4.78 is 20.4. The number of carbonyl (C=O) groups excluding carboxylic acids is 2. The molecule has 140 valence electrons. The molecule has 2 aromatic carbocycles. The van der Waals surface area contributed by atoms with Crippen molar-refractivity contribution in [1.29, 1.82) is 0 Å². The second kappa shape index (κ2) is 7.84. The van der Waals surface area contributed by atoms with Crippen LogP contribution in [0.2, 0.25) is 0 Å². The predicted octanol–water partition coefficient (Wildman–Crippen LogP) is 3.30. The average molecular weight is 386 g/mol. The topological polar surface area (TPSA) is 60.7 Å². The zero-order valence-electron chi connectivity index (χ0n) is 15.3. The van der Waals surface area contributed by atoms with Crippen LogP contribution in [0.1, 0.15) is 16.7 Å². The first-order chi connectivity index (χ1) is 12.9. The normalized spacial score (nSPS) is 11.8. The maximum absolute atomic E-state index is 13.5. The molecule has 0 N–H and O–H groups in total. The van der Waals surface area contributed by atoms with E-state index in [2.05, 4.69) is 4.99 Å². The van der Waals surface area contributed by atoms with Gasteiger partial charge in [-0.2, -0.15) is 4.99 Å². The van der Waals surface area contributed by atoms with Gasteiger partial charge in [0.1, 0.15) is 12.4 Å². The third-order valence-electron chi connectivity index (χ3n) is 4.31. The predicted molar refractivity (Wildman–Crippen MR) is 102 cm³/mol. The van der Waals surface area contributed by atoms with Crippen LogP contribution in [0.25, 0.3) is 10.2 Å². The monoisotopic (exact) mass is 386 g/mol. The number of halogens is 1. The maximum atomic E-state index is 13.5. The Balaban J connectivity index is 2.00. The molecule has 0 bridgehead atoms. The summed E-state index contributed by atoms with van der Waals surface area (Å²) in [5.74, 6) is -1.19. The summed E-state index contributed by atoms with van der Waals surface area (Å²) in [6.45, 7) is 3.90. The first kappa shape index (κ1) is 19.0. The molecule has 3 rings (SSSR count). The molecule has 1 aromatic heterocycles. The van der Waals surface area contributed by atoms with Crippen LogP contribution in [0.4, 0.5) is 4.39 Å². The van der Waals surface area contributed by atoms with Crippen LogP contribution < -0.4 is 4.80 Å². The van der Waals surface area contributed by atoms with Crippen LogP contribution in [0.5, 0.6) is 0 Å². The van der Waals surface area contributed by atoms with E-state index in [1.165, 1.54) is 19.2 Å². The average Bonchev–Trinajstić information content (AvgIpc) is 2.94. The van der Waals surface area contributed by atoms with Gasteiger partial charge in [0.15, 0.2) is 4.80 Å². The van der Waals surface area contributed by atoms with Gasteiger partial charge < -0.3 is 9.30 Å². The molecule has 0 aliphatic heterocycles. The molecule has 5 nitrogen and oxygen atoms in total. The van der Waals surface area contributed by atoms with Crippen molar-refractivity contribution in [2.75, 3.05) is 7.11 Å². The number of ether oxygens (including phenoxy) is 1. The van der Waals surface area contributed by atoms with E-state index >= 15 is 0 Å². The molecule has 27 heavy (non-hydrogen) atoms. The third-order valence-corrected chi connectivity index (χ3v) is 5.35. The molecule has 0 aliphatic rings. The Hall–Kier alpha value is -2.80. The Labute approximate surface area is 159 Å². The molecule has 0 spiro atoms. The maximum Gasteiger partial charge on any atom is 0.325 e. The van der Waals surface area contributed by atoms with Crippen molar-refractivity contribution in [3.05, 3.63) is 63.7 Å². The fourth-order valence-electron chi connectivity index (χ4n) is 2.71. The van der Waals surface area contributed by atoms with Crippen molar-refractivity contribution < 1.29 is 18.7 Å². The standard InChI is InChI=1S/C20H19FN2O3S/c1-12-4-5-14(8-13(12)2)9-18(24)22-20-23(11-19(25)26-3)16-7-6-15(21)10-17(16)27-20/h4-8,10H,9,11H2,1-3H3. The number of rotatable bonds is 4. The summed E-state index contributed by atoms with van der Waals surface area (Å²) in [5.41, 5.74) is 3.77. The molecule has 0 unspecified atom stereocenters. The van der Waals surface area contributed by atoms with E-state index in [1.54, 1.807) is 10.6 Å². The van der Waals surface area contributed by atoms with Gasteiger partial charge in [0, 0.05) is 0 Å². The van der Waals surface area contributed by atoms with Crippen LogP contribution in [0.15, 0.2) is 41.4 Å². The van der Waals surface area contributed by atoms with Crippen LogP contribution in [-0.2, 0) is 27.3 Å². The van der Waals surface area contributed by atoms with Crippen molar-refractivity contribution in [3.8, 4) is 0 Å². The molecule has 0 saturated heterocycles. The van der Waals surface area contributed by atoms with E-state index in [9.17, 15) is 14.0 Å². The zero-order valence-corrected chi connectivity index (χ0v) is 16.1. The highest BCUT2D eigenvalue weighted by Gasteiger charge is 2.13. The minimum atomic E-state index is -0.470. The van der Waals surface area contributed by atoms with Gasteiger partial charge in [0.05, 0.1) is 23.7 Å². The molecule has 0 saturated carbocycles. The summed E-state index contributed by atoms with van der Waals surface area (Å²) in [5, 5.41) is 0. The number of benzene rings is 2. The number of fused-ring (bicyclic) bond motifs is 1. The molecule has 1 heterocycles. The number of aromatic nitrogens is 1. The molecule has 0 fully saturated rings. The number of aryl methyl sites for hydroxylation is 2. The minimum absolute atomic E-state index is 0.0993. The summed E-state index contributed by atoms with van der Waals surface area (Å²) >= 11 is 1.16. The summed E-state index contributed by atoms with van der Waals surface area (Å²) in [6, 6.07) is 10.1. The van der Waals surface area contributed by atoms with Crippen LogP contribution in [0, 0.1) is 19.7 Å². The lowest BCUT2D eigenvalue weighted by Crippen LogP contribution is -2.22. The molecule has 3 aromatic rings. The van der Waals surface area contributed by atoms with Crippen LogP contribution in [0.3, 0.4) is 0 Å². The SMILES string of the molecule is COC(=O)Cn1c(=NC(=O)Cc2ccc(C)c(C)c2)sc2cc(F)ccc21. The van der Waals surface area contributed by atoms with Gasteiger partial charge in [0.25, 0.3) is 5.91 Å². The van der Waals surface area contributed by atoms with Gasteiger partial charge in [-0.1, -0.05) is 29.5 Å². The molecule has 0 atom stereocenters. The minimum Gasteiger partial charge on any atom is -0.468 e. The fraction of sp³-hybridized carbons (Fsp3) is 0.250. The Bertz CT molecular complexity index is 1100. The van der Waals surface area contributed by atoms with E-state index in [-0.39, 0.29) is 24.7 Å². The fourth-order valence-corrected chi connectivity index (χ4v) is 3.78. The van der Waals surface area contributed by atoms with Gasteiger partial charge >= 0.3 is 5.97 Å². The highest BCUT2D eigenvalue weighted by molar-refractivity contribution is 7.16. The van der Waals surface area contributed by atoms with Gasteiger partial charge in [-0.3, -0.25) is 9.59 Å². The van der Waals surface area contributed by atoms with E-state index < -0.39 is 5.97 Å². The molecular weight excluding hydrogens is 367 g/mol. The van der Waals surface area contributed by atoms with Crippen molar-refractivity contribution in [3.63, 3.8) is 0 Å². The first-order valence-electron chi connectivity index (χ1n) is 8.37. The Kier molecular flexibility index (Phi) is 5.51. The second-order valence-electron chi connectivity index (χ2n) is 6.26. The Morgan fingerprint density at radius 2 is 1.93 bits per heavy atom. The van der Waals surface area contributed by atoms with Crippen molar-refractivity contribution in [2.45, 2.75) is 26.8 Å². The zero-order chi connectivity index (χ0) is 19.6. The first-order valence-corrected chi connectivity index (χ1v) is 9.18.